The molecule has 0 heterocycles. The molecule has 0 N–H and O–H groups in total. The third-order valence-corrected chi connectivity index (χ3v) is 13.8. The maximum atomic E-state index is 12.9. The number of rotatable bonds is 52. The molecule has 0 rings (SSSR count). The second-order valence-electron chi connectivity index (χ2n) is 21.5. The maximum Gasteiger partial charge on any atom is 0.306 e. The molecule has 0 aliphatic heterocycles. The Bertz CT molecular complexity index is 1010. The minimum atomic E-state index is -0.764. The van der Waals surface area contributed by atoms with E-state index >= 15 is 0 Å². The fraction of sp³-hybridized carbons (Fsp3) is 0.949. The van der Waals surface area contributed by atoms with Gasteiger partial charge < -0.3 is 14.2 Å². The van der Waals surface area contributed by atoms with Crippen LogP contribution in [0.2, 0.25) is 0 Å². The molecular formula is C59H114O6. The average molecular weight is 920 g/mol. The zero-order valence-electron chi connectivity index (χ0n) is 44.8. The van der Waals surface area contributed by atoms with Gasteiger partial charge in [0, 0.05) is 19.3 Å². The lowest BCUT2D eigenvalue weighted by atomic mass is 9.99. The predicted molar refractivity (Wildman–Crippen MR) is 279 cm³/mol. The van der Waals surface area contributed by atoms with E-state index < -0.39 is 6.10 Å². The van der Waals surface area contributed by atoms with E-state index in [-0.39, 0.29) is 31.1 Å². The molecule has 386 valence electrons. The highest BCUT2D eigenvalue weighted by atomic mass is 16.6. The summed E-state index contributed by atoms with van der Waals surface area (Å²) in [4.78, 5) is 38.2. The molecule has 0 spiro atoms. The van der Waals surface area contributed by atoms with Crippen molar-refractivity contribution >= 4 is 17.9 Å². The Balaban J connectivity index is 4.31. The molecule has 0 aromatic rings. The van der Waals surface area contributed by atoms with Crippen molar-refractivity contribution in [1.82, 2.24) is 0 Å². The maximum absolute atomic E-state index is 12.9. The van der Waals surface area contributed by atoms with Crippen molar-refractivity contribution in [3.63, 3.8) is 0 Å². The molecule has 65 heavy (non-hydrogen) atoms. The molecule has 0 aliphatic carbocycles. The molecular weight excluding hydrogens is 805 g/mol. The molecule has 6 heteroatoms. The van der Waals surface area contributed by atoms with Crippen LogP contribution in [0.15, 0.2) is 0 Å². The average Bonchev–Trinajstić information content (AvgIpc) is 3.28. The van der Waals surface area contributed by atoms with E-state index in [1.807, 2.05) is 0 Å². The van der Waals surface area contributed by atoms with E-state index in [4.69, 9.17) is 14.2 Å². The summed E-state index contributed by atoms with van der Waals surface area (Å²) in [5.41, 5.74) is 0. The van der Waals surface area contributed by atoms with Gasteiger partial charge in [-0.1, -0.05) is 286 Å². The third-order valence-electron chi connectivity index (χ3n) is 13.8. The van der Waals surface area contributed by atoms with E-state index in [0.29, 0.717) is 19.3 Å². The molecule has 0 bridgehead atoms. The normalized spacial score (nSPS) is 12.6. The fourth-order valence-corrected chi connectivity index (χ4v) is 8.97. The number of ether oxygens (including phenoxy) is 3. The zero-order valence-corrected chi connectivity index (χ0v) is 44.8. The van der Waals surface area contributed by atoms with Crippen molar-refractivity contribution in [3.05, 3.63) is 0 Å². The second kappa shape index (κ2) is 50.3. The predicted octanol–water partition coefficient (Wildman–Crippen LogP) is 19.1. The first-order valence-corrected chi connectivity index (χ1v) is 29.1. The van der Waals surface area contributed by atoms with Crippen molar-refractivity contribution in [2.45, 2.75) is 330 Å². The molecule has 6 nitrogen and oxygen atoms in total. The summed E-state index contributed by atoms with van der Waals surface area (Å²) in [6.07, 6.45) is 52.3. The van der Waals surface area contributed by atoms with Crippen LogP contribution < -0.4 is 0 Å². The smallest absolute Gasteiger partial charge is 0.306 e. The number of esters is 3. The SMILES string of the molecule is CCC(C)CCCCCCCCCCCCC(=O)OC[C@@H](COC(=O)CCCCCCCCCCCCCCCCC(C)C)OC(=O)CCCCCCCCCCCCCCCC(C)C. The molecule has 0 amide bonds. The van der Waals surface area contributed by atoms with Crippen molar-refractivity contribution in [3.8, 4) is 0 Å². The van der Waals surface area contributed by atoms with Crippen LogP contribution in [0.25, 0.3) is 0 Å². The molecule has 1 unspecified atom stereocenters. The monoisotopic (exact) mass is 919 g/mol. The highest BCUT2D eigenvalue weighted by Gasteiger charge is 2.19. The van der Waals surface area contributed by atoms with E-state index in [0.717, 1.165) is 75.5 Å². The van der Waals surface area contributed by atoms with Crippen molar-refractivity contribution in [2.75, 3.05) is 13.2 Å². The van der Waals surface area contributed by atoms with Gasteiger partial charge in [0.1, 0.15) is 13.2 Å². The first-order valence-electron chi connectivity index (χ1n) is 29.1. The Morgan fingerprint density at radius 2 is 0.538 bits per heavy atom. The molecule has 0 saturated carbocycles. The van der Waals surface area contributed by atoms with Crippen LogP contribution >= 0.6 is 0 Å². The Morgan fingerprint density at radius 1 is 0.308 bits per heavy atom. The van der Waals surface area contributed by atoms with Crippen LogP contribution in [0.4, 0.5) is 0 Å². The fourth-order valence-electron chi connectivity index (χ4n) is 8.97. The van der Waals surface area contributed by atoms with Crippen LogP contribution in [0.5, 0.6) is 0 Å². The molecule has 2 atom stereocenters. The van der Waals surface area contributed by atoms with Gasteiger partial charge in [-0.25, -0.2) is 0 Å². The summed E-state index contributed by atoms with van der Waals surface area (Å²) in [6.45, 7) is 13.8. The van der Waals surface area contributed by atoms with Gasteiger partial charge in [0.25, 0.3) is 0 Å². The van der Waals surface area contributed by atoms with Gasteiger partial charge in [-0.05, 0) is 37.0 Å². The van der Waals surface area contributed by atoms with Crippen molar-refractivity contribution < 1.29 is 28.6 Å². The molecule has 0 aliphatic rings. The summed E-state index contributed by atoms with van der Waals surface area (Å²) in [6, 6.07) is 0. The topological polar surface area (TPSA) is 78.9 Å². The lowest BCUT2D eigenvalue weighted by molar-refractivity contribution is -0.167. The molecule has 0 aromatic heterocycles. The number of hydrogen-bond acceptors (Lipinski definition) is 6. The number of hydrogen-bond donors (Lipinski definition) is 0. The van der Waals surface area contributed by atoms with Gasteiger partial charge in [0.15, 0.2) is 6.10 Å². The van der Waals surface area contributed by atoms with E-state index in [2.05, 4.69) is 41.5 Å². The minimum absolute atomic E-state index is 0.0635. The lowest BCUT2D eigenvalue weighted by Gasteiger charge is -2.18. The summed E-state index contributed by atoms with van der Waals surface area (Å²) in [5.74, 6) is 1.71. The number of carbonyl (C=O) groups excluding carboxylic acids is 3. The quantitative estimate of drug-likeness (QED) is 0.0344. The van der Waals surface area contributed by atoms with Crippen LogP contribution in [-0.2, 0) is 28.6 Å². The van der Waals surface area contributed by atoms with Gasteiger partial charge in [-0.15, -0.1) is 0 Å². The van der Waals surface area contributed by atoms with Gasteiger partial charge in [-0.3, -0.25) is 14.4 Å². The first-order chi connectivity index (χ1) is 31.6. The van der Waals surface area contributed by atoms with E-state index in [1.165, 1.54) is 205 Å². The number of carbonyl (C=O) groups is 3. The summed E-state index contributed by atoms with van der Waals surface area (Å²) < 4.78 is 16.9. The molecule has 0 radical (unpaired) electrons. The first kappa shape index (κ1) is 63.4. The van der Waals surface area contributed by atoms with Gasteiger partial charge >= 0.3 is 17.9 Å². The van der Waals surface area contributed by atoms with Gasteiger partial charge in [0.2, 0.25) is 0 Å². The summed E-state index contributed by atoms with van der Waals surface area (Å²) in [7, 11) is 0. The van der Waals surface area contributed by atoms with Crippen molar-refractivity contribution in [1.29, 1.82) is 0 Å². The Kier molecular flexibility index (Phi) is 49.1. The van der Waals surface area contributed by atoms with Crippen LogP contribution in [0.3, 0.4) is 0 Å². The van der Waals surface area contributed by atoms with Gasteiger partial charge in [0.05, 0.1) is 0 Å². The molecule has 0 saturated heterocycles. The van der Waals surface area contributed by atoms with Crippen LogP contribution in [0.1, 0.15) is 324 Å². The Labute approximate surface area is 406 Å². The summed E-state index contributed by atoms with van der Waals surface area (Å²) >= 11 is 0. The van der Waals surface area contributed by atoms with E-state index in [9.17, 15) is 14.4 Å². The van der Waals surface area contributed by atoms with Crippen LogP contribution in [0, 0.1) is 17.8 Å². The highest BCUT2D eigenvalue weighted by Crippen LogP contribution is 2.19. The van der Waals surface area contributed by atoms with E-state index in [1.54, 1.807) is 0 Å². The largest absolute Gasteiger partial charge is 0.462 e. The molecule has 0 fully saturated rings. The Hall–Kier alpha value is -1.59. The highest BCUT2D eigenvalue weighted by molar-refractivity contribution is 5.71. The standard InChI is InChI=1S/C59H114O6/c1-7-55(6)47-41-35-29-23-19-20-25-31-37-43-49-58(61)64-52-56(65-59(62)50-44-38-32-26-18-14-10-12-16-22-28-34-40-46-54(4)5)51-63-57(60)48-42-36-30-24-17-13-9-8-11-15-21-27-33-39-45-53(2)3/h53-56H,7-52H2,1-6H3/t55?,56-/m1/s1. The minimum Gasteiger partial charge on any atom is -0.462 e. The third kappa shape index (κ3) is 51.6. The Morgan fingerprint density at radius 3 is 0.800 bits per heavy atom. The molecule has 0 aromatic carbocycles. The zero-order chi connectivity index (χ0) is 47.7. The second-order valence-corrected chi connectivity index (χ2v) is 21.5. The van der Waals surface area contributed by atoms with Crippen LogP contribution in [-0.4, -0.2) is 37.2 Å². The number of unbranched alkanes of at least 4 members (excludes halogenated alkanes) is 34. The summed E-state index contributed by atoms with van der Waals surface area (Å²) in [5, 5.41) is 0. The lowest BCUT2D eigenvalue weighted by Crippen LogP contribution is -2.30. The van der Waals surface area contributed by atoms with Crippen molar-refractivity contribution in [2.24, 2.45) is 17.8 Å². The van der Waals surface area contributed by atoms with Gasteiger partial charge in [-0.2, -0.15) is 0 Å².